The number of carboxylic acids is 2. The highest BCUT2D eigenvalue weighted by molar-refractivity contribution is 7.13. The number of rotatable bonds is 5. The third kappa shape index (κ3) is 2.91. The van der Waals surface area contributed by atoms with Gasteiger partial charge in [0.15, 0.2) is 5.13 Å². The van der Waals surface area contributed by atoms with Crippen molar-refractivity contribution >= 4 is 28.4 Å². The molecule has 0 aromatic carbocycles. The molecule has 1 aromatic rings. The zero-order chi connectivity index (χ0) is 12.3. The number of nitrogens with zero attached hydrogens (tertiary/aromatic N) is 1. The molecule has 1 heterocycles. The Kier molecular flexibility index (Phi) is 3.80. The maximum atomic E-state index is 10.9. The molecule has 7 nitrogen and oxygen atoms in total. The first kappa shape index (κ1) is 12.4. The van der Waals surface area contributed by atoms with Gasteiger partial charge >= 0.3 is 11.9 Å². The molecule has 0 radical (unpaired) electrons. The molecule has 88 valence electrons. The second-order valence-corrected chi connectivity index (χ2v) is 3.98. The van der Waals surface area contributed by atoms with Gasteiger partial charge in [0.2, 0.25) is 0 Å². The van der Waals surface area contributed by atoms with E-state index in [4.69, 9.17) is 15.9 Å². The summed E-state index contributed by atoms with van der Waals surface area (Å²) in [5.74, 6) is -3.98. The van der Waals surface area contributed by atoms with Crippen molar-refractivity contribution in [1.82, 2.24) is 4.98 Å². The molecule has 1 aromatic heterocycles. The molecule has 2 unspecified atom stereocenters. The average Bonchev–Trinajstić information content (AvgIpc) is 2.49. The quantitative estimate of drug-likeness (QED) is 0.561. The number of carbonyl (C=O) groups is 2. The SMILES string of the molecule is Nc1nc(C(C(=O)O)C(O)CC(=O)O)cs1. The van der Waals surface area contributed by atoms with E-state index in [1.54, 1.807) is 0 Å². The molecule has 16 heavy (non-hydrogen) atoms. The molecule has 0 aliphatic carbocycles. The van der Waals surface area contributed by atoms with Crippen molar-refractivity contribution in [2.45, 2.75) is 18.4 Å². The zero-order valence-corrected chi connectivity index (χ0v) is 8.85. The van der Waals surface area contributed by atoms with Gasteiger partial charge in [-0.15, -0.1) is 11.3 Å². The highest BCUT2D eigenvalue weighted by Gasteiger charge is 2.31. The van der Waals surface area contributed by atoms with Crippen LogP contribution in [0.15, 0.2) is 5.38 Å². The predicted octanol–water partition coefficient (Wildman–Crippen LogP) is -0.271. The second kappa shape index (κ2) is 4.90. The first-order valence-corrected chi connectivity index (χ1v) is 5.13. The Labute approximate surface area is 94.2 Å². The number of anilines is 1. The molecule has 0 amide bonds. The number of carboxylic acid groups (broad SMARTS) is 2. The van der Waals surface area contributed by atoms with Gasteiger partial charge in [0, 0.05) is 5.38 Å². The summed E-state index contributed by atoms with van der Waals surface area (Å²) in [6.07, 6.45) is -2.19. The van der Waals surface area contributed by atoms with Gasteiger partial charge in [0.05, 0.1) is 18.2 Å². The van der Waals surface area contributed by atoms with Gasteiger partial charge in [-0.05, 0) is 0 Å². The standard InChI is InChI=1S/C8H10N2O5S/c9-8-10-3(2-16-8)6(7(14)15)4(11)1-5(12)13/h2,4,6,11H,1H2,(H2,9,10)(H,12,13)(H,14,15). The largest absolute Gasteiger partial charge is 0.481 e. The van der Waals surface area contributed by atoms with Crippen LogP contribution in [0.1, 0.15) is 18.0 Å². The minimum atomic E-state index is -1.53. The summed E-state index contributed by atoms with van der Waals surface area (Å²) in [5.41, 5.74) is 5.41. The second-order valence-electron chi connectivity index (χ2n) is 3.09. The molecule has 5 N–H and O–H groups in total. The molecule has 0 aliphatic rings. The average molecular weight is 246 g/mol. The van der Waals surface area contributed by atoms with Crippen LogP contribution in [0.25, 0.3) is 0 Å². The van der Waals surface area contributed by atoms with E-state index in [2.05, 4.69) is 4.98 Å². The van der Waals surface area contributed by atoms with Crippen LogP contribution >= 0.6 is 11.3 Å². The zero-order valence-electron chi connectivity index (χ0n) is 8.03. The number of aliphatic hydroxyl groups excluding tert-OH is 1. The molecular formula is C8H10N2O5S. The highest BCUT2D eigenvalue weighted by Crippen LogP contribution is 2.25. The molecule has 0 spiro atoms. The van der Waals surface area contributed by atoms with Gasteiger partial charge in [-0.3, -0.25) is 9.59 Å². The van der Waals surface area contributed by atoms with Crippen LogP contribution in [-0.4, -0.2) is 38.3 Å². The summed E-state index contributed by atoms with van der Waals surface area (Å²) in [6.45, 7) is 0. The van der Waals surface area contributed by atoms with Gasteiger partial charge in [-0.1, -0.05) is 0 Å². The molecular weight excluding hydrogens is 236 g/mol. The number of thiazole rings is 1. The van der Waals surface area contributed by atoms with Crippen LogP contribution in [0.5, 0.6) is 0 Å². The van der Waals surface area contributed by atoms with Crippen molar-refractivity contribution in [2.75, 3.05) is 5.73 Å². The van der Waals surface area contributed by atoms with Crippen molar-refractivity contribution in [3.8, 4) is 0 Å². The Morgan fingerprint density at radius 3 is 2.50 bits per heavy atom. The van der Waals surface area contributed by atoms with Crippen molar-refractivity contribution in [3.05, 3.63) is 11.1 Å². The molecule has 0 fully saturated rings. The smallest absolute Gasteiger partial charge is 0.315 e. The van der Waals surface area contributed by atoms with Crippen LogP contribution in [0.4, 0.5) is 5.13 Å². The van der Waals surface area contributed by atoms with E-state index in [-0.39, 0.29) is 10.8 Å². The summed E-state index contributed by atoms with van der Waals surface area (Å²) in [5, 5.41) is 28.4. The van der Waals surface area contributed by atoms with E-state index >= 15 is 0 Å². The van der Waals surface area contributed by atoms with Gasteiger partial charge in [-0.25, -0.2) is 4.98 Å². The third-order valence-electron chi connectivity index (χ3n) is 1.89. The maximum absolute atomic E-state index is 10.9. The van der Waals surface area contributed by atoms with Gasteiger partial charge in [-0.2, -0.15) is 0 Å². The van der Waals surface area contributed by atoms with Crippen LogP contribution < -0.4 is 5.73 Å². The van der Waals surface area contributed by atoms with E-state index < -0.39 is 30.4 Å². The van der Waals surface area contributed by atoms with Crippen molar-refractivity contribution < 1.29 is 24.9 Å². The molecule has 0 saturated heterocycles. The minimum absolute atomic E-state index is 0.0729. The minimum Gasteiger partial charge on any atom is -0.481 e. The number of aliphatic carboxylic acids is 2. The monoisotopic (exact) mass is 246 g/mol. The fourth-order valence-corrected chi connectivity index (χ4v) is 1.83. The Morgan fingerprint density at radius 1 is 1.50 bits per heavy atom. The first-order chi connectivity index (χ1) is 7.41. The van der Waals surface area contributed by atoms with E-state index in [0.29, 0.717) is 0 Å². The number of aliphatic hydroxyl groups is 1. The van der Waals surface area contributed by atoms with Gasteiger partial charge in [0.25, 0.3) is 0 Å². The summed E-state index contributed by atoms with van der Waals surface area (Å²) >= 11 is 1.03. The molecule has 0 bridgehead atoms. The van der Waals surface area contributed by atoms with E-state index in [0.717, 1.165) is 11.3 Å². The molecule has 0 saturated carbocycles. The maximum Gasteiger partial charge on any atom is 0.315 e. The summed E-state index contributed by atoms with van der Waals surface area (Å²) in [4.78, 5) is 25.0. The molecule has 2 atom stereocenters. The fraction of sp³-hybridized carbons (Fsp3) is 0.375. The van der Waals surface area contributed by atoms with E-state index in [9.17, 15) is 14.7 Å². The lowest BCUT2D eigenvalue weighted by Crippen LogP contribution is -2.28. The lowest BCUT2D eigenvalue weighted by Gasteiger charge is -2.15. The van der Waals surface area contributed by atoms with Crippen LogP contribution in [0, 0.1) is 0 Å². The third-order valence-corrected chi connectivity index (χ3v) is 2.59. The number of aromatic nitrogens is 1. The fourth-order valence-electron chi connectivity index (χ4n) is 1.23. The Morgan fingerprint density at radius 2 is 2.12 bits per heavy atom. The van der Waals surface area contributed by atoms with Gasteiger partial charge < -0.3 is 21.1 Å². The molecule has 0 aliphatic heterocycles. The van der Waals surface area contributed by atoms with E-state index in [1.807, 2.05) is 0 Å². The molecule has 1 rings (SSSR count). The van der Waals surface area contributed by atoms with Crippen molar-refractivity contribution in [1.29, 1.82) is 0 Å². The number of hydrogen-bond acceptors (Lipinski definition) is 6. The molecule has 8 heteroatoms. The van der Waals surface area contributed by atoms with Crippen LogP contribution in [0.3, 0.4) is 0 Å². The van der Waals surface area contributed by atoms with Crippen molar-refractivity contribution in [3.63, 3.8) is 0 Å². The number of nitrogen functional groups attached to an aromatic ring is 1. The number of nitrogens with two attached hydrogens (primary N) is 1. The first-order valence-electron chi connectivity index (χ1n) is 4.25. The van der Waals surface area contributed by atoms with Gasteiger partial charge in [0.1, 0.15) is 5.92 Å². The topological polar surface area (TPSA) is 134 Å². The Bertz CT molecular complexity index is 405. The highest BCUT2D eigenvalue weighted by atomic mass is 32.1. The Balaban J connectivity index is 2.91. The Hall–Kier alpha value is -1.67. The summed E-state index contributed by atoms with van der Waals surface area (Å²) in [6, 6.07) is 0. The summed E-state index contributed by atoms with van der Waals surface area (Å²) < 4.78 is 0. The number of hydrogen-bond donors (Lipinski definition) is 4. The summed E-state index contributed by atoms with van der Waals surface area (Å²) in [7, 11) is 0. The van der Waals surface area contributed by atoms with Crippen LogP contribution in [-0.2, 0) is 9.59 Å². The lowest BCUT2D eigenvalue weighted by atomic mass is 9.97. The van der Waals surface area contributed by atoms with Crippen LogP contribution in [0.2, 0.25) is 0 Å². The normalized spacial score (nSPS) is 14.3. The van der Waals surface area contributed by atoms with Crippen molar-refractivity contribution in [2.24, 2.45) is 0 Å². The van der Waals surface area contributed by atoms with E-state index in [1.165, 1.54) is 5.38 Å². The lowest BCUT2D eigenvalue weighted by molar-refractivity contribution is -0.144. The predicted molar refractivity (Wildman–Crippen MR) is 55.2 cm³/mol.